The molecule has 3 nitrogen and oxygen atoms in total. The van der Waals surface area contributed by atoms with Crippen LogP contribution in [0.1, 0.15) is 44.4 Å². The van der Waals surface area contributed by atoms with Gasteiger partial charge in [-0.2, -0.15) is 0 Å². The Morgan fingerprint density at radius 2 is 1.30 bits per heavy atom. The first-order valence-electron chi connectivity index (χ1n) is 10.9. The van der Waals surface area contributed by atoms with Crippen LogP contribution < -0.4 is 4.74 Å². The first-order chi connectivity index (χ1) is 16.2. The zero-order chi connectivity index (χ0) is 22.9. The van der Waals surface area contributed by atoms with Crippen molar-refractivity contribution in [1.29, 1.82) is 0 Å². The molecule has 1 atom stereocenters. The maximum absolute atomic E-state index is 12.0. The van der Waals surface area contributed by atoms with Crippen LogP contribution in [-0.2, 0) is 0 Å². The van der Waals surface area contributed by atoms with E-state index in [9.17, 15) is 9.59 Å². The third kappa shape index (κ3) is 5.92. The van der Waals surface area contributed by atoms with Gasteiger partial charge < -0.3 is 4.74 Å². The molecule has 1 unspecified atom stereocenters. The largest absolute Gasteiger partial charge is 0.484 e. The smallest absolute Gasteiger partial charge is 0.185 e. The van der Waals surface area contributed by atoms with Crippen LogP contribution in [0, 0.1) is 0 Å². The van der Waals surface area contributed by atoms with Gasteiger partial charge in [0.25, 0.3) is 0 Å². The van der Waals surface area contributed by atoms with Crippen molar-refractivity contribution >= 4 is 17.6 Å². The molecule has 0 saturated heterocycles. The van der Waals surface area contributed by atoms with E-state index in [1.54, 1.807) is 6.08 Å². The molecule has 0 N–H and O–H groups in total. The SMILES string of the molecule is O=C(/C=C/c1ccccc1)c1ccccc1.O=C1CC(c2ccccc2)Oc2ccccc21. The van der Waals surface area contributed by atoms with E-state index in [1.165, 1.54) is 0 Å². The molecule has 1 aliphatic rings. The maximum Gasteiger partial charge on any atom is 0.185 e. The number of benzene rings is 4. The van der Waals surface area contributed by atoms with E-state index in [1.807, 2.05) is 121 Å². The van der Waals surface area contributed by atoms with Crippen LogP contribution in [0.25, 0.3) is 6.08 Å². The van der Waals surface area contributed by atoms with E-state index < -0.39 is 0 Å². The summed E-state index contributed by atoms with van der Waals surface area (Å²) in [6, 6.07) is 36.3. The van der Waals surface area contributed by atoms with Crippen molar-refractivity contribution in [3.63, 3.8) is 0 Å². The van der Waals surface area contributed by atoms with E-state index in [-0.39, 0.29) is 17.7 Å². The Morgan fingerprint density at radius 3 is 2.00 bits per heavy atom. The average molecular weight is 433 g/mol. The van der Waals surface area contributed by atoms with Crippen molar-refractivity contribution in [1.82, 2.24) is 0 Å². The molecule has 33 heavy (non-hydrogen) atoms. The number of carbonyl (C=O) groups excluding carboxylic acids is 2. The number of Topliss-reactive ketones (excluding diaryl/α,β-unsaturated/α-hetero) is 1. The molecule has 0 radical (unpaired) electrons. The van der Waals surface area contributed by atoms with Gasteiger partial charge in [-0.05, 0) is 29.3 Å². The van der Waals surface area contributed by atoms with Crippen molar-refractivity contribution in [2.24, 2.45) is 0 Å². The highest BCUT2D eigenvalue weighted by Crippen LogP contribution is 2.34. The van der Waals surface area contributed by atoms with Crippen molar-refractivity contribution in [2.45, 2.75) is 12.5 Å². The number of ether oxygens (including phenoxy) is 1. The standard InChI is InChI=1S/C15H12O2.C15H12O/c16-13-10-15(11-6-2-1-3-7-11)17-14-9-5-4-8-12(13)14;16-15(14-9-5-2-6-10-14)12-11-13-7-3-1-4-8-13/h1-9,15H,10H2;1-12H/b;12-11+. The van der Waals surface area contributed by atoms with Gasteiger partial charge in [-0.25, -0.2) is 0 Å². The third-order valence-corrected chi connectivity index (χ3v) is 5.28. The summed E-state index contributed by atoms with van der Waals surface area (Å²) in [5.74, 6) is 0.878. The Labute approximate surface area is 194 Å². The van der Waals surface area contributed by atoms with Gasteiger partial charge >= 0.3 is 0 Å². The topological polar surface area (TPSA) is 43.4 Å². The summed E-state index contributed by atoms with van der Waals surface area (Å²) >= 11 is 0. The summed E-state index contributed by atoms with van der Waals surface area (Å²) in [7, 11) is 0. The molecule has 0 fully saturated rings. The van der Waals surface area contributed by atoms with Gasteiger partial charge in [-0.1, -0.05) is 109 Å². The van der Waals surface area contributed by atoms with E-state index in [0.717, 1.165) is 16.7 Å². The Morgan fingerprint density at radius 1 is 0.727 bits per heavy atom. The molecule has 4 aromatic rings. The van der Waals surface area contributed by atoms with Crippen LogP contribution in [-0.4, -0.2) is 11.6 Å². The molecule has 5 rings (SSSR count). The number of hydrogen-bond donors (Lipinski definition) is 0. The molecular weight excluding hydrogens is 408 g/mol. The molecule has 162 valence electrons. The van der Waals surface area contributed by atoms with Gasteiger partial charge in [0.15, 0.2) is 11.6 Å². The fraction of sp³-hybridized carbons (Fsp3) is 0.0667. The quantitative estimate of drug-likeness (QED) is 0.258. The number of ketones is 2. The summed E-state index contributed by atoms with van der Waals surface area (Å²) in [4.78, 5) is 23.7. The summed E-state index contributed by atoms with van der Waals surface area (Å²) in [6.45, 7) is 0. The van der Waals surface area contributed by atoms with E-state index >= 15 is 0 Å². The van der Waals surface area contributed by atoms with Crippen LogP contribution >= 0.6 is 0 Å². The average Bonchev–Trinajstić information content (AvgIpc) is 2.89. The molecule has 1 aliphatic heterocycles. The molecule has 1 heterocycles. The molecule has 3 heteroatoms. The molecule has 0 aromatic heterocycles. The summed E-state index contributed by atoms with van der Waals surface area (Å²) in [5.41, 5.74) is 3.50. The van der Waals surface area contributed by atoms with Crippen molar-refractivity contribution in [2.75, 3.05) is 0 Å². The lowest BCUT2D eigenvalue weighted by Crippen LogP contribution is -2.20. The lowest BCUT2D eigenvalue weighted by molar-refractivity contribution is 0.0850. The van der Waals surface area contributed by atoms with Gasteiger partial charge in [0.05, 0.1) is 12.0 Å². The van der Waals surface area contributed by atoms with Crippen molar-refractivity contribution in [3.8, 4) is 5.75 Å². The van der Waals surface area contributed by atoms with Crippen LogP contribution in [0.3, 0.4) is 0 Å². The second-order valence-electron chi connectivity index (χ2n) is 7.61. The lowest BCUT2D eigenvalue weighted by Gasteiger charge is -2.25. The predicted octanol–water partition coefficient (Wildman–Crippen LogP) is 6.98. The van der Waals surface area contributed by atoms with Gasteiger partial charge in [-0.15, -0.1) is 0 Å². The van der Waals surface area contributed by atoms with E-state index in [4.69, 9.17) is 4.74 Å². The van der Waals surface area contributed by atoms with Crippen LogP contribution in [0.4, 0.5) is 0 Å². The summed E-state index contributed by atoms with van der Waals surface area (Å²) in [5, 5.41) is 0. The monoisotopic (exact) mass is 432 g/mol. The summed E-state index contributed by atoms with van der Waals surface area (Å²) < 4.78 is 5.87. The van der Waals surface area contributed by atoms with Gasteiger partial charge in [0.1, 0.15) is 11.9 Å². The number of carbonyl (C=O) groups is 2. The van der Waals surface area contributed by atoms with E-state index in [2.05, 4.69) is 0 Å². The van der Waals surface area contributed by atoms with E-state index in [0.29, 0.717) is 17.7 Å². The molecular formula is C30H24O3. The fourth-order valence-electron chi connectivity index (χ4n) is 3.56. The minimum absolute atomic E-state index is 0.0319. The molecule has 0 aliphatic carbocycles. The minimum Gasteiger partial charge on any atom is -0.484 e. The Kier molecular flexibility index (Phi) is 7.24. The molecule has 0 spiro atoms. The van der Waals surface area contributed by atoms with Crippen LogP contribution in [0.2, 0.25) is 0 Å². The molecule has 0 amide bonds. The van der Waals surface area contributed by atoms with Gasteiger partial charge in [0, 0.05) is 5.56 Å². The lowest BCUT2D eigenvalue weighted by atomic mass is 9.96. The zero-order valence-electron chi connectivity index (χ0n) is 18.1. The highest BCUT2D eigenvalue weighted by Gasteiger charge is 2.26. The Bertz CT molecular complexity index is 1230. The highest BCUT2D eigenvalue weighted by atomic mass is 16.5. The third-order valence-electron chi connectivity index (χ3n) is 5.28. The number of hydrogen-bond acceptors (Lipinski definition) is 3. The maximum atomic E-state index is 12.0. The number of para-hydroxylation sites is 1. The number of allylic oxidation sites excluding steroid dienone is 1. The number of rotatable bonds is 4. The van der Waals surface area contributed by atoms with Gasteiger partial charge in [-0.3, -0.25) is 9.59 Å². The number of fused-ring (bicyclic) bond motifs is 1. The second kappa shape index (κ2) is 10.9. The first-order valence-corrected chi connectivity index (χ1v) is 10.9. The predicted molar refractivity (Wildman–Crippen MR) is 131 cm³/mol. The normalized spacial score (nSPS) is 14.5. The second-order valence-corrected chi connectivity index (χ2v) is 7.61. The first kappa shape index (κ1) is 22.0. The molecule has 0 saturated carbocycles. The van der Waals surface area contributed by atoms with Gasteiger partial charge in [0.2, 0.25) is 0 Å². The van der Waals surface area contributed by atoms with Crippen molar-refractivity contribution < 1.29 is 14.3 Å². The highest BCUT2D eigenvalue weighted by molar-refractivity contribution is 6.06. The Balaban J connectivity index is 0.000000157. The fourth-order valence-corrected chi connectivity index (χ4v) is 3.56. The minimum atomic E-state index is -0.154. The van der Waals surface area contributed by atoms with Crippen molar-refractivity contribution in [3.05, 3.63) is 144 Å². The molecule has 4 aromatic carbocycles. The summed E-state index contributed by atoms with van der Waals surface area (Å²) in [6.07, 6.45) is 3.69. The van der Waals surface area contributed by atoms with Crippen LogP contribution in [0.15, 0.2) is 121 Å². The zero-order valence-corrected chi connectivity index (χ0v) is 18.1. The Hall–Kier alpha value is -4.24. The van der Waals surface area contributed by atoms with Crippen LogP contribution in [0.5, 0.6) is 5.75 Å². The molecule has 0 bridgehead atoms.